The van der Waals surface area contributed by atoms with Gasteiger partial charge in [-0.05, 0) is 30.5 Å². The number of benzene rings is 1. The Morgan fingerprint density at radius 2 is 2.25 bits per heavy atom. The third-order valence-corrected chi connectivity index (χ3v) is 3.38. The highest BCUT2D eigenvalue weighted by Gasteiger charge is 2.29. The molecule has 0 radical (unpaired) electrons. The summed E-state index contributed by atoms with van der Waals surface area (Å²) in [5.41, 5.74) is 6.38. The predicted octanol–water partition coefficient (Wildman–Crippen LogP) is 1.98. The minimum atomic E-state index is -0.267. The zero-order chi connectivity index (χ0) is 13.9. The standard InChI is InChI=1S/C14H16FN3O2/c15-10-3-1-2-9(6-10)7-13-17-14(20-18-13)12-5-4-11(8-16)19-12/h1-3,6,11-12H,4-5,7-8,16H2/t11-,12+/m1/s1. The van der Waals surface area contributed by atoms with E-state index in [0.29, 0.717) is 24.7 Å². The van der Waals surface area contributed by atoms with E-state index in [2.05, 4.69) is 10.1 Å². The summed E-state index contributed by atoms with van der Waals surface area (Å²) in [5.74, 6) is 0.744. The third kappa shape index (κ3) is 2.86. The molecule has 0 spiro atoms. The van der Waals surface area contributed by atoms with E-state index in [-0.39, 0.29) is 18.0 Å². The summed E-state index contributed by atoms with van der Waals surface area (Å²) >= 11 is 0. The van der Waals surface area contributed by atoms with Crippen LogP contribution in [-0.2, 0) is 11.2 Å². The first-order chi connectivity index (χ1) is 9.74. The van der Waals surface area contributed by atoms with Gasteiger partial charge in [-0.1, -0.05) is 17.3 Å². The van der Waals surface area contributed by atoms with Crippen molar-refractivity contribution in [3.8, 4) is 0 Å². The highest BCUT2D eigenvalue weighted by molar-refractivity contribution is 5.19. The first-order valence-electron chi connectivity index (χ1n) is 6.67. The van der Waals surface area contributed by atoms with E-state index in [1.54, 1.807) is 6.07 Å². The molecule has 3 rings (SSSR count). The van der Waals surface area contributed by atoms with Crippen molar-refractivity contribution in [2.24, 2.45) is 5.73 Å². The number of hydrogen-bond acceptors (Lipinski definition) is 5. The second-order valence-corrected chi connectivity index (χ2v) is 4.92. The van der Waals surface area contributed by atoms with E-state index >= 15 is 0 Å². The Hall–Kier alpha value is -1.79. The molecule has 1 fully saturated rings. The van der Waals surface area contributed by atoms with Crippen LogP contribution in [0.2, 0.25) is 0 Å². The summed E-state index contributed by atoms with van der Waals surface area (Å²) in [6, 6.07) is 6.37. The Bertz CT molecular complexity index is 587. The molecule has 0 saturated carbocycles. The van der Waals surface area contributed by atoms with Crippen LogP contribution in [0.5, 0.6) is 0 Å². The van der Waals surface area contributed by atoms with Gasteiger partial charge in [-0.25, -0.2) is 4.39 Å². The first kappa shape index (κ1) is 13.2. The molecule has 2 N–H and O–H groups in total. The van der Waals surface area contributed by atoms with E-state index in [9.17, 15) is 4.39 Å². The van der Waals surface area contributed by atoms with Gasteiger partial charge >= 0.3 is 0 Å². The summed E-state index contributed by atoms with van der Waals surface area (Å²) in [5, 5.41) is 3.92. The highest BCUT2D eigenvalue weighted by Crippen LogP contribution is 2.31. The van der Waals surface area contributed by atoms with E-state index in [0.717, 1.165) is 18.4 Å². The first-order valence-corrected chi connectivity index (χ1v) is 6.67. The minimum absolute atomic E-state index is 0.0681. The second kappa shape index (κ2) is 5.68. The van der Waals surface area contributed by atoms with Gasteiger partial charge in [0.25, 0.3) is 5.89 Å². The Morgan fingerprint density at radius 3 is 3.00 bits per heavy atom. The maximum Gasteiger partial charge on any atom is 0.255 e. The van der Waals surface area contributed by atoms with Crippen molar-refractivity contribution in [1.29, 1.82) is 0 Å². The van der Waals surface area contributed by atoms with E-state index in [1.807, 2.05) is 6.07 Å². The summed E-state index contributed by atoms with van der Waals surface area (Å²) in [6.07, 6.45) is 2.08. The lowest BCUT2D eigenvalue weighted by Crippen LogP contribution is -2.18. The lowest BCUT2D eigenvalue weighted by molar-refractivity contribution is 0.0307. The van der Waals surface area contributed by atoms with Crippen molar-refractivity contribution in [2.45, 2.75) is 31.5 Å². The van der Waals surface area contributed by atoms with Crippen molar-refractivity contribution < 1.29 is 13.7 Å². The number of halogens is 1. The predicted molar refractivity (Wildman–Crippen MR) is 69.4 cm³/mol. The Morgan fingerprint density at radius 1 is 1.35 bits per heavy atom. The van der Waals surface area contributed by atoms with Gasteiger partial charge in [0, 0.05) is 13.0 Å². The largest absolute Gasteiger partial charge is 0.364 e. The van der Waals surface area contributed by atoms with Crippen LogP contribution in [0.3, 0.4) is 0 Å². The number of ether oxygens (including phenoxy) is 1. The van der Waals surface area contributed by atoms with Crippen molar-refractivity contribution in [2.75, 3.05) is 6.54 Å². The zero-order valence-electron chi connectivity index (χ0n) is 11.0. The van der Waals surface area contributed by atoms with Crippen LogP contribution in [0, 0.1) is 5.82 Å². The van der Waals surface area contributed by atoms with Gasteiger partial charge in [-0.2, -0.15) is 4.98 Å². The van der Waals surface area contributed by atoms with Crippen molar-refractivity contribution >= 4 is 0 Å². The normalized spacial score (nSPS) is 22.3. The van der Waals surface area contributed by atoms with Gasteiger partial charge in [0.15, 0.2) is 5.82 Å². The second-order valence-electron chi connectivity index (χ2n) is 4.92. The van der Waals surface area contributed by atoms with Crippen molar-refractivity contribution in [3.05, 3.63) is 47.4 Å². The number of nitrogens with two attached hydrogens (primary N) is 1. The molecular formula is C14H16FN3O2. The molecule has 2 atom stereocenters. The van der Waals surface area contributed by atoms with Crippen LogP contribution in [0.4, 0.5) is 4.39 Å². The van der Waals surface area contributed by atoms with Gasteiger partial charge in [0.05, 0.1) is 6.10 Å². The Labute approximate surface area is 115 Å². The molecule has 0 amide bonds. The molecule has 20 heavy (non-hydrogen) atoms. The quantitative estimate of drug-likeness (QED) is 0.925. The average Bonchev–Trinajstić information content (AvgIpc) is 3.07. The Kier molecular flexibility index (Phi) is 3.75. The smallest absolute Gasteiger partial charge is 0.255 e. The van der Waals surface area contributed by atoms with Crippen molar-refractivity contribution in [1.82, 2.24) is 10.1 Å². The molecule has 1 saturated heterocycles. The molecule has 0 unspecified atom stereocenters. The maximum absolute atomic E-state index is 13.1. The number of aromatic nitrogens is 2. The molecule has 0 aliphatic carbocycles. The summed E-state index contributed by atoms with van der Waals surface area (Å²) in [4.78, 5) is 4.32. The fourth-order valence-electron chi connectivity index (χ4n) is 2.36. The molecule has 5 nitrogen and oxygen atoms in total. The van der Waals surface area contributed by atoms with Crippen LogP contribution in [0.1, 0.15) is 36.2 Å². The van der Waals surface area contributed by atoms with Crippen molar-refractivity contribution in [3.63, 3.8) is 0 Å². The van der Waals surface area contributed by atoms with E-state index < -0.39 is 0 Å². The average molecular weight is 277 g/mol. The molecule has 2 heterocycles. The minimum Gasteiger partial charge on any atom is -0.364 e. The summed E-state index contributed by atoms with van der Waals surface area (Å²) < 4.78 is 24.0. The van der Waals surface area contributed by atoms with Crippen LogP contribution in [0.25, 0.3) is 0 Å². The zero-order valence-corrected chi connectivity index (χ0v) is 11.0. The van der Waals surface area contributed by atoms with Crippen LogP contribution < -0.4 is 5.73 Å². The Balaban J connectivity index is 1.68. The highest BCUT2D eigenvalue weighted by atomic mass is 19.1. The maximum atomic E-state index is 13.1. The molecule has 6 heteroatoms. The topological polar surface area (TPSA) is 74.2 Å². The monoisotopic (exact) mass is 277 g/mol. The molecule has 1 aliphatic heterocycles. The lowest BCUT2D eigenvalue weighted by atomic mass is 10.1. The fraction of sp³-hybridized carbons (Fsp3) is 0.429. The lowest BCUT2D eigenvalue weighted by Gasteiger charge is -2.07. The van der Waals surface area contributed by atoms with Crippen LogP contribution in [-0.4, -0.2) is 22.8 Å². The molecule has 2 aromatic rings. The number of rotatable bonds is 4. The molecule has 1 aromatic heterocycles. The van der Waals surface area contributed by atoms with Gasteiger partial charge in [-0.3, -0.25) is 0 Å². The van der Waals surface area contributed by atoms with Crippen LogP contribution in [0.15, 0.2) is 28.8 Å². The molecule has 106 valence electrons. The fourth-order valence-corrected chi connectivity index (χ4v) is 2.36. The van der Waals surface area contributed by atoms with E-state index in [1.165, 1.54) is 12.1 Å². The summed E-state index contributed by atoms with van der Waals surface area (Å²) in [6.45, 7) is 0.501. The van der Waals surface area contributed by atoms with Gasteiger partial charge in [-0.15, -0.1) is 0 Å². The molecule has 0 bridgehead atoms. The van der Waals surface area contributed by atoms with Gasteiger partial charge in [0.2, 0.25) is 0 Å². The van der Waals surface area contributed by atoms with Crippen LogP contribution >= 0.6 is 0 Å². The van der Waals surface area contributed by atoms with Gasteiger partial charge < -0.3 is 15.0 Å². The number of hydrogen-bond donors (Lipinski definition) is 1. The molecular weight excluding hydrogens is 261 g/mol. The molecule has 1 aromatic carbocycles. The third-order valence-electron chi connectivity index (χ3n) is 3.38. The SMILES string of the molecule is NC[C@H]1CC[C@@H](c2nc(Cc3cccc(F)c3)no2)O1. The van der Waals surface area contributed by atoms with E-state index in [4.69, 9.17) is 15.0 Å². The summed E-state index contributed by atoms with van der Waals surface area (Å²) in [7, 11) is 0. The molecule has 1 aliphatic rings. The number of nitrogens with zero attached hydrogens (tertiary/aromatic N) is 2. The van der Waals surface area contributed by atoms with Gasteiger partial charge in [0.1, 0.15) is 11.9 Å².